The lowest BCUT2D eigenvalue weighted by molar-refractivity contribution is -0.286. The molecule has 142 valence electrons. The van der Waals surface area contributed by atoms with Crippen molar-refractivity contribution in [2.45, 2.75) is 25.6 Å². The number of aromatic nitrogens is 1. The quantitative estimate of drug-likeness (QED) is 0.881. The fourth-order valence-electron chi connectivity index (χ4n) is 3.41. The second-order valence-electron chi connectivity index (χ2n) is 6.76. The standard InChI is InChI=1S/C19H19F2N3O3/c20-19(21)26-16-6-5-13(10-17(16)27-19)3-4-14-7-9-24(12-14)18(25)23-15-2-1-8-22-11-15/h1-2,5-6,8,10-11,14H,3-4,7,9,12H2,(H,23,25). The van der Waals surface area contributed by atoms with Crippen LogP contribution in [0.3, 0.4) is 0 Å². The minimum Gasteiger partial charge on any atom is -0.395 e. The minimum atomic E-state index is -3.59. The summed E-state index contributed by atoms with van der Waals surface area (Å²) in [6, 6.07) is 8.30. The summed E-state index contributed by atoms with van der Waals surface area (Å²) in [5.41, 5.74) is 1.58. The Kier molecular flexibility index (Phi) is 4.55. The van der Waals surface area contributed by atoms with E-state index in [9.17, 15) is 13.6 Å². The average Bonchev–Trinajstić information content (AvgIpc) is 3.23. The van der Waals surface area contributed by atoms with Gasteiger partial charge in [-0.15, -0.1) is 8.78 Å². The van der Waals surface area contributed by atoms with E-state index in [0.29, 0.717) is 24.7 Å². The van der Waals surface area contributed by atoms with Gasteiger partial charge in [0.15, 0.2) is 11.5 Å². The molecule has 0 saturated carbocycles. The van der Waals surface area contributed by atoms with Gasteiger partial charge in [-0.3, -0.25) is 4.98 Å². The van der Waals surface area contributed by atoms with E-state index in [1.54, 1.807) is 41.6 Å². The monoisotopic (exact) mass is 375 g/mol. The number of carbonyl (C=O) groups excluding carboxylic acids is 1. The molecule has 2 amide bonds. The summed E-state index contributed by atoms with van der Waals surface area (Å²) >= 11 is 0. The molecule has 2 aliphatic rings. The first-order chi connectivity index (χ1) is 13.0. The summed E-state index contributed by atoms with van der Waals surface area (Å²) in [5, 5.41) is 2.84. The Bertz CT molecular complexity index is 832. The van der Waals surface area contributed by atoms with Crippen molar-refractivity contribution < 1.29 is 23.0 Å². The van der Waals surface area contributed by atoms with Crippen molar-refractivity contribution in [3.8, 4) is 11.5 Å². The number of amides is 2. The highest BCUT2D eigenvalue weighted by molar-refractivity contribution is 5.89. The number of urea groups is 1. The molecule has 1 saturated heterocycles. The first-order valence-electron chi connectivity index (χ1n) is 8.83. The van der Waals surface area contributed by atoms with E-state index in [2.05, 4.69) is 19.8 Å². The molecule has 3 heterocycles. The van der Waals surface area contributed by atoms with Gasteiger partial charge >= 0.3 is 12.3 Å². The Morgan fingerprint density at radius 3 is 2.96 bits per heavy atom. The van der Waals surface area contributed by atoms with Gasteiger partial charge in [0.05, 0.1) is 11.9 Å². The SMILES string of the molecule is O=C(Nc1cccnc1)N1CCC(CCc2ccc3c(c2)OC(F)(F)O3)C1. The number of benzene rings is 1. The highest BCUT2D eigenvalue weighted by atomic mass is 19.3. The first-order valence-corrected chi connectivity index (χ1v) is 8.83. The molecule has 4 rings (SSSR count). The van der Waals surface area contributed by atoms with Gasteiger partial charge in [0, 0.05) is 19.3 Å². The number of hydrogen-bond donors (Lipinski definition) is 1. The van der Waals surface area contributed by atoms with Crippen molar-refractivity contribution in [3.63, 3.8) is 0 Å². The Labute approximate surface area is 155 Å². The van der Waals surface area contributed by atoms with Crippen LogP contribution in [-0.4, -0.2) is 35.3 Å². The van der Waals surface area contributed by atoms with Crippen LogP contribution in [-0.2, 0) is 6.42 Å². The van der Waals surface area contributed by atoms with Crippen molar-refractivity contribution in [2.75, 3.05) is 18.4 Å². The van der Waals surface area contributed by atoms with Crippen molar-refractivity contribution in [1.82, 2.24) is 9.88 Å². The van der Waals surface area contributed by atoms with Crippen molar-refractivity contribution in [3.05, 3.63) is 48.3 Å². The zero-order valence-corrected chi connectivity index (χ0v) is 14.5. The molecule has 0 spiro atoms. The van der Waals surface area contributed by atoms with Crippen LogP contribution in [0.5, 0.6) is 11.5 Å². The third-order valence-electron chi connectivity index (χ3n) is 4.79. The van der Waals surface area contributed by atoms with Crippen LogP contribution in [0.15, 0.2) is 42.7 Å². The van der Waals surface area contributed by atoms with Crippen molar-refractivity contribution >= 4 is 11.7 Å². The lowest BCUT2D eigenvalue weighted by Gasteiger charge is -2.17. The smallest absolute Gasteiger partial charge is 0.395 e. The van der Waals surface area contributed by atoms with Crippen molar-refractivity contribution in [2.24, 2.45) is 5.92 Å². The molecule has 1 fully saturated rings. The molecule has 0 bridgehead atoms. The maximum Gasteiger partial charge on any atom is 0.586 e. The lowest BCUT2D eigenvalue weighted by atomic mass is 9.98. The molecule has 1 unspecified atom stereocenters. The van der Waals surface area contributed by atoms with Gasteiger partial charge < -0.3 is 19.7 Å². The zero-order valence-electron chi connectivity index (χ0n) is 14.5. The third-order valence-corrected chi connectivity index (χ3v) is 4.79. The van der Waals surface area contributed by atoms with E-state index in [-0.39, 0.29) is 17.5 Å². The zero-order chi connectivity index (χ0) is 18.9. The number of pyridine rings is 1. The molecule has 2 aromatic rings. The number of ether oxygens (including phenoxy) is 2. The van der Waals surface area contributed by atoms with Crippen LogP contribution in [0.1, 0.15) is 18.4 Å². The van der Waals surface area contributed by atoms with E-state index in [4.69, 9.17) is 0 Å². The molecule has 1 aromatic carbocycles. The Balaban J connectivity index is 1.28. The number of fused-ring (bicyclic) bond motifs is 1. The van der Waals surface area contributed by atoms with Crippen LogP contribution in [0, 0.1) is 5.92 Å². The number of rotatable bonds is 4. The molecule has 27 heavy (non-hydrogen) atoms. The van der Waals surface area contributed by atoms with E-state index in [1.807, 2.05) is 0 Å². The maximum absolute atomic E-state index is 13.1. The van der Waals surface area contributed by atoms with Gasteiger partial charge in [-0.2, -0.15) is 0 Å². The average molecular weight is 375 g/mol. The fraction of sp³-hybridized carbons (Fsp3) is 0.368. The molecule has 1 atom stereocenters. The van der Waals surface area contributed by atoms with Crippen LogP contribution >= 0.6 is 0 Å². The first kappa shape index (κ1) is 17.5. The van der Waals surface area contributed by atoms with Gasteiger partial charge in [0.1, 0.15) is 0 Å². The molecular formula is C19H19F2N3O3. The number of halogens is 2. The van der Waals surface area contributed by atoms with Gasteiger partial charge in [-0.25, -0.2) is 4.79 Å². The second-order valence-corrected chi connectivity index (χ2v) is 6.76. The normalized spacial score (nSPS) is 19.9. The largest absolute Gasteiger partial charge is 0.586 e. The molecule has 6 nitrogen and oxygen atoms in total. The van der Waals surface area contributed by atoms with Crippen LogP contribution < -0.4 is 14.8 Å². The van der Waals surface area contributed by atoms with Gasteiger partial charge in [-0.05, 0) is 55.0 Å². The minimum absolute atomic E-state index is 0.0582. The predicted molar refractivity (Wildman–Crippen MR) is 93.9 cm³/mol. The highest BCUT2D eigenvalue weighted by Crippen LogP contribution is 2.41. The number of nitrogens with one attached hydrogen (secondary N) is 1. The second kappa shape index (κ2) is 7.02. The molecular weight excluding hydrogens is 356 g/mol. The van der Waals surface area contributed by atoms with Crippen LogP contribution in [0.25, 0.3) is 0 Å². The number of carbonyl (C=O) groups is 1. The lowest BCUT2D eigenvalue weighted by Crippen LogP contribution is -2.33. The van der Waals surface area contributed by atoms with Crippen LogP contribution in [0.2, 0.25) is 0 Å². The van der Waals surface area contributed by atoms with Crippen molar-refractivity contribution in [1.29, 1.82) is 0 Å². The summed E-state index contributed by atoms with van der Waals surface area (Å²) in [4.78, 5) is 18.1. The van der Waals surface area contributed by atoms with Gasteiger partial charge in [-0.1, -0.05) is 6.07 Å². The van der Waals surface area contributed by atoms with E-state index >= 15 is 0 Å². The predicted octanol–water partition coefficient (Wildman–Crippen LogP) is 3.89. The van der Waals surface area contributed by atoms with Gasteiger partial charge in [0.2, 0.25) is 0 Å². The molecule has 1 N–H and O–H groups in total. The highest BCUT2D eigenvalue weighted by Gasteiger charge is 2.43. The number of aryl methyl sites for hydroxylation is 1. The molecule has 0 aliphatic carbocycles. The topological polar surface area (TPSA) is 63.7 Å². The van der Waals surface area contributed by atoms with E-state index < -0.39 is 6.29 Å². The van der Waals surface area contributed by atoms with E-state index in [0.717, 1.165) is 24.8 Å². The summed E-state index contributed by atoms with van der Waals surface area (Å²) < 4.78 is 35.1. The summed E-state index contributed by atoms with van der Waals surface area (Å²) in [6.07, 6.45) is 2.18. The number of nitrogens with zero attached hydrogens (tertiary/aromatic N) is 2. The molecule has 1 aromatic heterocycles. The summed E-state index contributed by atoms with van der Waals surface area (Å²) in [7, 11) is 0. The Morgan fingerprint density at radius 1 is 1.30 bits per heavy atom. The molecule has 8 heteroatoms. The maximum atomic E-state index is 13.1. The Morgan fingerprint density at radius 2 is 2.15 bits per heavy atom. The number of anilines is 1. The molecule has 0 radical (unpaired) electrons. The number of likely N-dealkylation sites (tertiary alicyclic amines) is 1. The number of hydrogen-bond acceptors (Lipinski definition) is 4. The van der Waals surface area contributed by atoms with Gasteiger partial charge in [0.25, 0.3) is 0 Å². The summed E-state index contributed by atoms with van der Waals surface area (Å²) in [6.45, 7) is 1.37. The third kappa shape index (κ3) is 4.10. The molecule has 2 aliphatic heterocycles. The summed E-state index contributed by atoms with van der Waals surface area (Å²) in [5.74, 6) is 0.501. The Hall–Kier alpha value is -2.90. The fourth-order valence-corrected chi connectivity index (χ4v) is 3.41. The number of alkyl halides is 2. The van der Waals surface area contributed by atoms with Crippen LogP contribution in [0.4, 0.5) is 19.3 Å². The van der Waals surface area contributed by atoms with E-state index in [1.165, 1.54) is 6.07 Å².